The molecule has 0 atom stereocenters. The van der Waals surface area contributed by atoms with Gasteiger partial charge in [0.1, 0.15) is 11.2 Å². The van der Waals surface area contributed by atoms with Crippen LogP contribution in [0.3, 0.4) is 0 Å². The Morgan fingerprint density at radius 2 is 2.00 bits per heavy atom. The first-order valence-electron chi connectivity index (χ1n) is 4.96. The zero-order valence-corrected chi connectivity index (χ0v) is 8.78. The van der Waals surface area contributed by atoms with Crippen LogP contribution in [0.25, 0.3) is 11.0 Å². The van der Waals surface area contributed by atoms with Gasteiger partial charge < -0.3 is 0 Å². The molecule has 16 heavy (non-hydrogen) atoms. The van der Waals surface area contributed by atoms with Crippen molar-refractivity contribution in [2.45, 2.75) is 6.54 Å². The Bertz CT molecular complexity index is 623. The minimum atomic E-state index is 0.592. The summed E-state index contributed by atoms with van der Waals surface area (Å²) < 4.78 is 3.49. The van der Waals surface area contributed by atoms with Crippen LogP contribution in [0.2, 0.25) is 0 Å². The van der Waals surface area contributed by atoms with Gasteiger partial charge in [-0.1, -0.05) is 22.6 Å². The Kier molecular flexibility index (Phi) is 1.92. The molecule has 3 rings (SSSR count). The van der Waals surface area contributed by atoms with Crippen molar-refractivity contribution in [3.63, 3.8) is 0 Å². The van der Waals surface area contributed by atoms with Crippen molar-refractivity contribution in [2.24, 2.45) is 7.05 Å². The molecule has 0 amide bonds. The fourth-order valence-electron chi connectivity index (χ4n) is 1.66. The zero-order chi connectivity index (χ0) is 11.0. The van der Waals surface area contributed by atoms with E-state index in [0.29, 0.717) is 6.54 Å². The molecule has 2 heterocycles. The van der Waals surface area contributed by atoms with Gasteiger partial charge in [0.15, 0.2) is 0 Å². The third-order valence-electron chi connectivity index (χ3n) is 2.38. The summed E-state index contributed by atoms with van der Waals surface area (Å²) in [4.78, 5) is 0. The first-order chi connectivity index (χ1) is 7.83. The fourth-order valence-corrected chi connectivity index (χ4v) is 1.66. The Morgan fingerprint density at radius 3 is 2.81 bits per heavy atom. The van der Waals surface area contributed by atoms with E-state index in [4.69, 9.17) is 0 Å². The average Bonchev–Trinajstić information content (AvgIpc) is 2.87. The van der Waals surface area contributed by atoms with Crippen LogP contribution in [0.15, 0.2) is 30.5 Å². The molecule has 0 spiro atoms. The van der Waals surface area contributed by atoms with Crippen molar-refractivity contribution in [3.05, 3.63) is 36.2 Å². The van der Waals surface area contributed by atoms with E-state index in [9.17, 15) is 0 Å². The highest BCUT2D eigenvalue weighted by molar-refractivity contribution is 5.73. The summed E-state index contributed by atoms with van der Waals surface area (Å²) in [7, 11) is 1.84. The van der Waals surface area contributed by atoms with Crippen molar-refractivity contribution >= 4 is 11.0 Å². The number of para-hydroxylation sites is 1. The third kappa shape index (κ3) is 1.44. The van der Waals surface area contributed by atoms with E-state index in [1.54, 1.807) is 4.68 Å². The molecular weight excluding hydrogens is 204 g/mol. The lowest BCUT2D eigenvalue weighted by Gasteiger charge is -1.97. The van der Waals surface area contributed by atoms with Gasteiger partial charge in [-0.15, -0.1) is 10.2 Å². The van der Waals surface area contributed by atoms with E-state index in [-0.39, 0.29) is 0 Å². The average molecular weight is 214 g/mol. The fraction of sp³-hybridized carbons (Fsp3) is 0.200. The summed E-state index contributed by atoms with van der Waals surface area (Å²) in [6.07, 6.45) is 1.87. The van der Waals surface area contributed by atoms with E-state index in [0.717, 1.165) is 16.7 Å². The molecule has 0 aliphatic carbocycles. The molecular formula is C10H10N6. The lowest BCUT2D eigenvalue weighted by molar-refractivity contribution is 0.654. The number of nitrogens with zero attached hydrogens (tertiary/aromatic N) is 6. The molecule has 1 aromatic carbocycles. The van der Waals surface area contributed by atoms with Crippen LogP contribution in [0, 0.1) is 0 Å². The molecule has 0 aliphatic heterocycles. The number of rotatable bonds is 2. The standard InChI is InChI=1S/C10H10N6/c1-15-6-8(11-13-15)7-16-10-5-3-2-4-9(10)12-14-16/h2-6H,7H2,1H3. The Balaban J connectivity index is 2.00. The third-order valence-corrected chi connectivity index (χ3v) is 2.38. The van der Waals surface area contributed by atoms with Gasteiger partial charge in [0, 0.05) is 7.05 Å². The molecule has 0 N–H and O–H groups in total. The molecule has 0 fully saturated rings. The summed E-state index contributed by atoms with van der Waals surface area (Å²) in [5.74, 6) is 0. The van der Waals surface area contributed by atoms with E-state index in [1.807, 2.05) is 42.2 Å². The number of fused-ring (bicyclic) bond motifs is 1. The number of hydrogen-bond acceptors (Lipinski definition) is 4. The van der Waals surface area contributed by atoms with Gasteiger partial charge in [-0.25, -0.2) is 4.68 Å². The van der Waals surface area contributed by atoms with Crippen molar-refractivity contribution in [1.82, 2.24) is 30.0 Å². The molecule has 0 bridgehead atoms. The van der Waals surface area contributed by atoms with Crippen LogP contribution in [0.5, 0.6) is 0 Å². The second kappa shape index (κ2) is 3.41. The molecule has 0 aliphatic rings. The highest BCUT2D eigenvalue weighted by Crippen LogP contribution is 2.10. The maximum absolute atomic E-state index is 4.09. The van der Waals surface area contributed by atoms with Crippen molar-refractivity contribution in [3.8, 4) is 0 Å². The Morgan fingerprint density at radius 1 is 1.12 bits per heavy atom. The number of hydrogen-bond donors (Lipinski definition) is 0. The largest absolute Gasteiger partial charge is 0.255 e. The predicted octanol–water partition coefficient (Wildman–Crippen LogP) is 0.608. The smallest absolute Gasteiger partial charge is 0.113 e. The molecule has 80 valence electrons. The topological polar surface area (TPSA) is 61.4 Å². The van der Waals surface area contributed by atoms with Gasteiger partial charge >= 0.3 is 0 Å². The van der Waals surface area contributed by atoms with Gasteiger partial charge in [-0.05, 0) is 12.1 Å². The zero-order valence-electron chi connectivity index (χ0n) is 8.78. The molecule has 3 aromatic rings. The van der Waals surface area contributed by atoms with Crippen molar-refractivity contribution in [2.75, 3.05) is 0 Å². The van der Waals surface area contributed by atoms with Crippen molar-refractivity contribution in [1.29, 1.82) is 0 Å². The molecule has 0 saturated heterocycles. The lowest BCUT2D eigenvalue weighted by Crippen LogP contribution is -2.02. The minimum absolute atomic E-state index is 0.592. The number of aromatic nitrogens is 6. The highest BCUT2D eigenvalue weighted by Gasteiger charge is 2.05. The highest BCUT2D eigenvalue weighted by atomic mass is 15.4. The quantitative estimate of drug-likeness (QED) is 0.627. The second-order valence-corrected chi connectivity index (χ2v) is 3.62. The van der Waals surface area contributed by atoms with E-state index in [2.05, 4.69) is 20.6 Å². The molecule has 0 radical (unpaired) electrons. The van der Waals surface area contributed by atoms with Gasteiger partial charge in [0.05, 0.1) is 18.3 Å². The first-order valence-corrected chi connectivity index (χ1v) is 4.96. The van der Waals surface area contributed by atoms with Crippen molar-refractivity contribution < 1.29 is 0 Å². The summed E-state index contributed by atoms with van der Waals surface area (Å²) in [6, 6.07) is 7.85. The first kappa shape index (κ1) is 9.02. The van der Waals surface area contributed by atoms with Crippen LogP contribution in [-0.4, -0.2) is 30.0 Å². The predicted molar refractivity (Wildman–Crippen MR) is 57.6 cm³/mol. The van der Waals surface area contributed by atoms with E-state index in [1.165, 1.54) is 0 Å². The van der Waals surface area contributed by atoms with Gasteiger partial charge in [-0.2, -0.15) is 0 Å². The van der Waals surface area contributed by atoms with Crippen LogP contribution in [0.4, 0.5) is 0 Å². The summed E-state index contributed by atoms with van der Waals surface area (Å²) in [6.45, 7) is 0.592. The Labute approximate surface area is 91.5 Å². The van der Waals surface area contributed by atoms with Gasteiger partial charge in [0.2, 0.25) is 0 Å². The van der Waals surface area contributed by atoms with E-state index < -0.39 is 0 Å². The van der Waals surface area contributed by atoms with Crippen LogP contribution in [0.1, 0.15) is 5.69 Å². The minimum Gasteiger partial charge on any atom is -0.255 e. The second-order valence-electron chi connectivity index (χ2n) is 3.62. The summed E-state index contributed by atoms with van der Waals surface area (Å²) in [5, 5.41) is 16.1. The number of aryl methyl sites for hydroxylation is 1. The maximum atomic E-state index is 4.09. The summed E-state index contributed by atoms with van der Waals surface area (Å²) in [5.41, 5.74) is 2.78. The van der Waals surface area contributed by atoms with Gasteiger partial charge in [-0.3, -0.25) is 4.68 Å². The summed E-state index contributed by atoms with van der Waals surface area (Å²) >= 11 is 0. The van der Waals surface area contributed by atoms with Crippen LogP contribution < -0.4 is 0 Å². The number of benzene rings is 1. The monoisotopic (exact) mass is 214 g/mol. The molecule has 6 heteroatoms. The van der Waals surface area contributed by atoms with Crippen LogP contribution >= 0.6 is 0 Å². The molecule has 6 nitrogen and oxygen atoms in total. The Hall–Kier alpha value is -2.24. The molecule has 0 saturated carbocycles. The SMILES string of the molecule is Cn1cc(Cn2nnc3ccccc32)nn1. The van der Waals surface area contributed by atoms with Crippen LogP contribution in [-0.2, 0) is 13.6 Å². The van der Waals surface area contributed by atoms with Gasteiger partial charge in [0.25, 0.3) is 0 Å². The normalized spacial score (nSPS) is 11.1. The molecule has 0 unspecified atom stereocenters. The maximum Gasteiger partial charge on any atom is 0.113 e. The lowest BCUT2D eigenvalue weighted by atomic mass is 10.3. The molecule has 2 aromatic heterocycles. The van der Waals surface area contributed by atoms with E-state index >= 15 is 0 Å².